The summed E-state index contributed by atoms with van der Waals surface area (Å²) >= 11 is 1.59. The lowest BCUT2D eigenvalue weighted by molar-refractivity contribution is 0.202. The molecule has 6 heteroatoms. The standard InChI is InChI=1S/C15H20N3OPS/c1-4-6-10(2)19-15(20)18-13-11(3)17-14(21-13)12-7-5-8-16-9-12/h5,7-10,18,20H,4,6H2,1-3H3. The van der Waals surface area contributed by atoms with Crippen LogP contribution in [0.4, 0.5) is 5.00 Å². The number of rotatable bonds is 7. The van der Waals surface area contributed by atoms with E-state index in [1.54, 1.807) is 17.5 Å². The van der Waals surface area contributed by atoms with Gasteiger partial charge in [0.15, 0.2) is 5.60 Å². The molecule has 2 rings (SSSR count). The van der Waals surface area contributed by atoms with Crippen molar-refractivity contribution >= 4 is 30.8 Å². The molecule has 2 heterocycles. The predicted octanol–water partition coefficient (Wildman–Crippen LogP) is 4.36. The van der Waals surface area contributed by atoms with E-state index in [9.17, 15) is 0 Å². The fourth-order valence-corrected chi connectivity index (χ4v) is 3.29. The Morgan fingerprint density at radius 3 is 3.00 bits per heavy atom. The van der Waals surface area contributed by atoms with Gasteiger partial charge in [-0.05, 0) is 32.4 Å². The summed E-state index contributed by atoms with van der Waals surface area (Å²) in [5.41, 5.74) is 2.59. The van der Waals surface area contributed by atoms with Gasteiger partial charge in [0.2, 0.25) is 0 Å². The van der Waals surface area contributed by atoms with Crippen LogP contribution < -0.4 is 5.32 Å². The van der Waals surface area contributed by atoms with Crippen LogP contribution in [0.15, 0.2) is 24.5 Å². The van der Waals surface area contributed by atoms with Crippen molar-refractivity contribution in [1.82, 2.24) is 9.97 Å². The van der Waals surface area contributed by atoms with Gasteiger partial charge in [0.1, 0.15) is 10.0 Å². The first-order valence-corrected chi connectivity index (χ1v) is 8.31. The number of thiazole rings is 1. The molecular weight excluding hydrogens is 301 g/mol. The zero-order valence-corrected chi connectivity index (χ0v) is 14.3. The topological polar surface area (TPSA) is 47.0 Å². The third-order valence-electron chi connectivity index (χ3n) is 2.95. The van der Waals surface area contributed by atoms with E-state index >= 15 is 0 Å². The van der Waals surface area contributed by atoms with Crippen molar-refractivity contribution in [3.63, 3.8) is 0 Å². The second kappa shape index (κ2) is 7.64. The Hall–Kier alpha value is -1.29. The van der Waals surface area contributed by atoms with Crippen LogP contribution >= 0.6 is 20.2 Å². The van der Waals surface area contributed by atoms with Gasteiger partial charge in [0, 0.05) is 18.0 Å². The average Bonchev–Trinajstić information content (AvgIpc) is 2.81. The van der Waals surface area contributed by atoms with Crippen molar-refractivity contribution in [2.24, 2.45) is 0 Å². The minimum absolute atomic E-state index is 0.182. The summed E-state index contributed by atoms with van der Waals surface area (Å²) in [6.45, 7) is 6.19. The number of anilines is 1. The molecule has 0 bridgehead atoms. The largest absolute Gasteiger partial charge is 0.324 e. The second-order valence-electron chi connectivity index (χ2n) is 4.85. The highest BCUT2D eigenvalue weighted by molar-refractivity contribution is 7.22. The lowest BCUT2D eigenvalue weighted by Crippen LogP contribution is -2.19. The molecule has 4 nitrogen and oxygen atoms in total. The van der Waals surface area contributed by atoms with Crippen LogP contribution in [0, 0.1) is 6.92 Å². The molecule has 2 aromatic heterocycles. The summed E-state index contributed by atoms with van der Waals surface area (Å²) in [4.78, 5) is 8.70. The Bertz CT molecular complexity index is 600. The molecule has 0 saturated carbocycles. The Balaban J connectivity index is 2.05. The van der Waals surface area contributed by atoms with Crippen LogP contribution in [0.5, 0.6) is 0 Å². The van der Waals surface area contributed by atoms with Gasteiger partial charge in [-0.2, -0.15) is 0 Å². The molecular formula is C15H20N3OPS. The lowest BCUT2D eigenvalue weighted by atomic mass is 10.2. The molecule has 1 atom stereocenters. The smallest absolute Gasteiger partial charge is 0.165 e. The molecule has 0 radical (unpaired) electrons. The van der Waals surface area contributed by atoms with Crippen LogP contribution in [-0.4, -0.2) is 21.7 Å². The van der Waals surface area contributed by atoms with Crippen molar-refractivity contribution in [1.29, 1.82) is 0 Å². The normalized spacial score (nSPS) is 12.1. The molecule has 2 aromatic rings. The van der Waals surface area contributed by atoms with E-state index in [0.29, 0.717) is 5.60 Å². The van der Waals surface area contributed by atoms with Crippen molar-refractivity contribution in [2.45, 2.75) is 39.7 Å². The third-order valence-corrected chi connectivity index (χ3v) is 4.31. The van der Waals surface area contributed by atoms with Crippen molar-refractivity contribution in [3.05, 3.63) is 30.2 Å². The number of ether oxygens (including phenoxy) is 1. The van der Waals surface area contributed by atoms with Gasteiger partial charge in [-0.3, -0.25) is 4.98 Å². The first kappa shape index (κ1) is 16.1. The van der Waals surface area contributed by atoms with Crippen LogP contribution in [0.25, 0.3) is 10.6 Å². The maximum absolute atomic E-state index is 5.75. The van der Waals surface area contributed by atoms with E-state index in [-0.39, 0.29) is 6.10 Å². The van der Waals surface area contributed by atoms with Gasteiger partial charge in [-0.25, -0.2) is 4.98 Å². The summed E-state index contributed by atoms with van der Waals surface area (Å²) in [5, 5.41) is 5.16. The van der Waals surface area contributed by atoms with E-state index < -0.39 is 0 Å². The van der Waals surface area contributed by atoms with Crippen molar-refractivity contribution in [3.8, 4) is 10.6 Å². The molecule has 0 aliphatic rings. The second-order valence-corrected chi connectivity index (χ2v) is 6.30. The van der Waals surface area contributed by atoms with Gasteiger partial charge in [-0.15, -0.1) is 0 Å². The summed E-state index contributed by atoms with van der Waals surface area (Å²) in [6, 6.07) is 3.92. The summed E-state index contributed by atoms with van der Waals surface area (Å²) in [5.74, 6) is 0. The highest BCUT2D eigenvalue weighted by Gasteiger charge is 2.11. The number of nitrogens with zero attached hydrogens (tertiary/aromatic N) is 2. The molecule has 0 aliphatic carbocycles. The minimum Gasteiger partial charge on any atom is -0.324 e. The Morgan fingerprint density at radius 2 is 2.33 bits per heavy atom. The number of pyridine rings is 1. The molecule has 21 heavy (non-hydrogen) atoms. The Kier molecular flexibility index (Phi) is 5.85. The van der Waals surface area contributed by atoms with Crippen molar-refractivity contribution in [2.75, 3.05) is 5.32 Å². The van der Waals surface area contributed by atoms with Crippen LogP contribution in [0.2, 0.25) is 0 Å². The van der Waals surface area contributed by atoms with Crippen LogP contribution in [0.1, 0.15) is 32.4 Å². The number of hydrogen-bond donors (Lipinski definition) is 1. The fraction of sp³-hybridized carbons (Fsp3) is 0.400. The lowest BCUT2D eigenvalue weighted by Gasteiger charge is -2.14. The predicted molar refractivity (Wildman–Crippen MR) is 92.5 cm³/mol. The van der Waals surface area contributed by atoms with E-state index in [4.69, 9.17) is 4.74 Å². The highest BCUT2D eigenvalue weighted by Crippen LogP contribution is 2.31. The number of hydrogen-bond acceptors (Lipinski definition) is 4. The molecule has 0 saturated heterocycles. The van der Waals surface area contributed by atoms with Crippen LogP contribution in [-0.2, 0) is 4.74 Å². The van der Waals surface area contributed by atoms with E-state index in [1.165, 1.54) is 0 Å². The number of aromatic nitrogens is 2. The quantitative estimate of drug-likeness (QED) is 0.770. The molecule has 0 aromatic carbocycles. The maximum atomic E-state index is 5.75. The SMILES string of the molecule is CCCC(C)OC(=P)Nc1sc(-c2cccnc2)nc1C. The minimum atomic E-state index is 0.182. The highest BCUT2D eigenvalue weighted by atomic mass is 32.1. The van der Waals surface area contributed by atoms with Gasteiger partial charge in [0.25, 0.3) is 0 Å². The number of aryl methyl sites for hydroxylation is 1. The molecule has 0 spiro atoms. The van der Waals surface area contributed by atoms with E-state index in [1.807, 2.05) is 25.3 Å². The first-order chi connectivity index (χ1) is 10.1. The molecule has 112 valence electrons. The van der Waals surface area contributed by atoms with E-state index in [2.05, 4.69) is 38.0 Å². The molecule has 1 unspecified atom stereocenters. The Morgan fingerprint density at radius 1 is 1.52 bits per heavy atom. The molecule has 0 fully saturated rings. The van der Waals surface area contributed by atoms with Gasteiger partial charge in [-0.1, -0.05) is 33.5 Å². The zero-order chi connectivity index (χ0) is 15.2. The monoisotopic (exact) mass is 321 g/mol. The first-order valence-electron chi connectivity index (χ1n) is 7.00. The van der Waals surface area contributed by atoms with E-state index in [0.717, 1.165) is 34.1 Å². The third kappa shape index (κ3) is 4.60. The average molecular weight is 321 g/mol. The summed E-state index contributed by atoms with van der Waals surface area (Å²) in [6.07, 6.45) is 5.89. The number of nitrogens with one attached hydrogen (secondary N) is 1. The summed E-state index contributed by atoms with van der Waals surface area (Å²) < 4.78 is 5.75. The van der Waals surface area contributed by atoms with Crippen LogP contribution in [0.3, 0.4) is 0 Å². The maximum Gasteiger partial charge on any atom is 0.165 e. The van der Waals surface area contributed by atoms with Gasteiger partial charge in [0.05, 0.1) is 11.8 Å². The molecule has 1 N–H and O–H groups in total. The Labute approximate surface area is 131 Å². The molecule has 0 aliphatic heterocycles. The zero-order valence-electron chi connectivity index (χ0n) is 12.5. The fourth-order valence-electron chi connectivity index (χ4n) is 1.92. The summed E-state index contributed by atoms with van der Waals surface area (Å²) in [7, 11) is 3.49. The van der Waals surface area contributed by atoms with Crippen molar-refractivity contribution < 1.29 is 4.74 Å². The van der Waals surface area contributed by atoms with Gasteiger partial charge < -0.3 is 10.1 Å². The van der Waals surface area contributed by atoms with Gasteiger partial charge >= 0.3 is 0 Å². The molecule has 0 amide bonds.